The molecule has 0 spiro atoms. The summed E-state index contributed by atoms with van der Waals surface area (Å²) in [5.74, 6) is -1.49. The van der Waals surface area contributed by atoms with Gasteiger partial charge in [-0.3, -0.25) is 4.79 Å². The molecule has 2 aromatic rings. The lowest BCUT2D eigenvalue weighted by atomic mass is 10.1. The van der Waals surface area contributed by atoms with Gasteiger partial charge in [-0.15, -0.1) is 11.3 Å². The van der Waals surface area contributed by atoms with Gasteiger partial charge in [-0.1, -0.05) is 32.4 Å². The molecule has 0 unspecified atom stereocenters. The number of thiophene rings is 1. The minimum atomic E-state index is -4.59. The normalized spacial score (nSPS) is 11.3. The van der Waals surface area contributed by atoms with Gasteiger partial charge < -0.3 is 10.1 Å². The van der Waals surface area contributed by atoms with Crippen LogP contribution in [0.4, 0.5) is 18.9 Å². The number of rotatable bonds is 7. The fourth-order valence-electron chi connectivity index (χ4n) is 2.53. The number of halogens is 3. The van der Waals surface area contributed by atoms with Crippen molar-refractivity contribution in [1.82, 2.24) is 0 Å². The van der Waals surface area contributed by atoms with Crippen molar-refractivity contribution in [3.8, 4) is 0 Å². The minimum absolute atomic E-state index is 0.374. The maximum Gasteiger partial charge on any atom is 0.418 e. The zero-order valence-corrected chi connectivity index (χ0v) is 15.8. The predicted molar refractivity (Wildman–Crippen MR) is 98.0 cm³/mol. The number of para-hydroxylation sites is 1. The average Bonchev–Trinajstić information content (AvgIpc) is 3.02. The second kappa shape index (κ2) is 9.03. The van der Waals surface area contributed by atoms with Gasteiger partial charge in [-0.25, -0.2) is 4.79 Å². The van der Waals surface area contributed by atoms with Crippen LogP contribution in [0.2, 0.25) is 0 Å². The van der Waals surface area contributed by atoms with Crippen LogP contribution in [0.5, 0.6) is 0 Å². The Morgan fingerprint density at radius 1 is 1.19 bits per heavy atom. The number of nitrogens with one attached hydrogen (secondary N) is 1. The monoisotopic (exact) mass is 399 g/mol. The number of esters is 1. The van der Waals surface area contributed by atoms with Gasteiger partial charge in [0.15, 0.2) is 6.61 Å². The van der Waals surface area contributed by atoms with Gasteiger partial charge in [0.1, 0.15) is 4.88 Å². The van der Waals surface area contributed by atoms with E-state index in [0.29, 0.717) is 4.88 Å². The molecule has 27 heavy (non-hydrogen) atoms. The summed E-state index contributed by atoms with van der Waals surface area (Å²) in [4.78, 5) is 25.5. The largest absolute Gasteiger partial charge is 0.451 e. The Labute approximate surface area is 159 Å². The van der Waals surface area contributed by atoms with E-state index in [2.05, 4.69) is 5.32 Å². The number of benzene rings is 1. The number of ether oxygens (including phenoxy) is 1. The Bertz CT molecular complexity index is 815. The van der Waals surface area contributed by atoms with Crippen LogP contribution in [-0.4, -0.2) is 18.5 Å². The van der Waals surface area contributed by atoms with Crippen molar-refractivity contribution in [3.63, 3.8) is 0 Å². The lowest BCUT2D eigenvalue weighted by Gasteiger charge is -2.13. The lowest BCUT2D eigenvalue weighted by Crippen LogP contribution is -2.22. The molecule has 0 saturated heterocycles. The first-order valence-corrected chi connectivity index (χ1v) is 9.32. The lowest BCUT2D eigenvalue weighted by molar-refractivity contribution is -0.137. The van der Waals surface area contributed by atoms with Gasteiger partial charge in [-0.05, 0) is 36.6 Å². The maximum absolute atomic E-state index is 12.9. The van der Waals surface area contributed by atoms with Gasteiger partial charge in [-0.2, -0.15) is 13.2 Å². The molecule has 0 aliphatic carbocycles. The standard InChI is InChI=1S/C19H20F3NO3S/c1-3-7-15-12(4-2)10-16(27-15)18(25)26-11-17(24)23-14-9-6-5-8-13(14)19(20,21)22/h5-6,8-10H,3-4,7,11H2,1-2H3,(H,23,24). The maximum atomic E-state index is 12.9. The molecule has 0 saturated carbocycles. The number of aryl methyl sites for hydroxylation is 2. The number of hydrogen-bond donors (Lipinski definition) is 1. The molecular weight excluding hydrogens is 379 g/mol. The fraction of sp³-hybridized carbons (Fsp3) is 0.368. The van der Waals surface area contributed by atoms with E-state index in [0.717, 1.165) is 41.8 Å². The van der Waals surface area contributed by atoms with Crippen molar-refractivity contribution in [3.05, 3.63) is 51.2 Å². The van der Waals surface area contributed by atoms with Crippen molar-refractivity contribution in [2.45, 2.75) is 39.3 Å². The minimum Gasteiger partial charge on any atom is -0.451 e. The average molecular weight is 399 g/mol. The summed E-state index contributed by atoms with van der Waals surface area (Å²) < 4.78 is 43.8. The molecule has 1 aromatic heterocycles. The molecule has 146 valence electrons. The fourth-order valence-corrected chi connectivity index (χ4v) is 3.78. The molecule has 0 aliphatic rings. The first-order valence-electron chi connectivity index (χ1n) is 8.51. The molecule has 1 heterocycles. The molecule has 1 N–H and O–H groups in total. The van der Waals surface area contributed by atoms with Crippen LogP contribution in [0.1, 0.15) is 45.9 Å². The number of carbonyl (C=O) groups excluding carboxylic acids is 2. The second-order valence-electron chi connectivity index (χ2n) is 5.83. The van der Waals surface area contributed by atoms with E-state index in [1.165, 1.54) is 23.5 Å². The third-order valence-corrected chi connectivity index (χ3v) is 5.01. The van der Waals surface area contributed by atoms with Gasteiger partial charge in [0.2, 0.25) is 0 Å². The third kappa shape index (κ3) is 5.56. The van der Waals surface area contributed by atoms with Crippen LogP contribution in [0.25, 0.3) is 0 Å². The Morgan fingerprint density at radius 3 is 2.52 bits per heavy atom. The zero-order valence-electron chi connectivity index (χ0n) is 15.0. The summed E-state index contributed by atoms with van der Waals surface area (Å²) in [5, 5.41) is 2.14. The van der Waals surface area contributed by atoms with Crippen LogP contribution >= 0.6 is 11.3 Å². The van der Waals surface area contributed by atoms with E-state index in [1.54, 1.807) is 6.07 Å². The summed E-state index contributed by atoms with van der Waals surface area (Å²) in [5.41, 5.74) is -0.266. The van der Waals surface area contributed by atoms with Gasteiger partial charge >= 0.3 is 12.1 Å². The quantitative estimate of drug-likeness (QED) is 0.661. The number of anilines is 1. The summed E-state index contributed by atoms with van der Waals surface area (Å²) in [6, 6.07) is 6.37. The highest BCUT2D eigenvalue weighted by Gasteiger charge is 2.33. The summed E-state index contributed by atoms with van der Waals surface area (Å²) >= 11 is 1.32. The molecule has 0 bridgehead atoms. The highest BCUT2D eigenvalue weighted by atomic mass is 32.1. The van der Waals surface area contributed by atoms with Crippen LogP contribution < -0.4 is 5.32 Å². The number of alkyl halides is 3. The van der Waals surface area contributed by atoms with Crippen LogP contribution in [0.3, 0.4) is 0 Å². The molecule has 0 aliphatic heterocycles. The topological polar surface area (TPSA) is 55.4 Å². The number of amides is 1. The smallest absolute Gasteiger partial charge is 0.418 e. The van der Waals surface area contributed by atoms with Crippen molar-refractivity contribution in [1.29, 1.82) is 0 Å². The van der Waals surface area contributed by atoms with E-state index >= 15 is 0 Å². The van der Waals surface area contributed by atoms with E-state index < -0.39 is 30.2 Å². The van der Waals surface area contributed by atoms with Gasteiger partial charge in [0.25, 0.3) is 5.91 Å². The number of hydrogen-bond acceptors (Lipinski definition) is 4. The van der Waals surface area contributed by atoms with Crippen molar-refractivity contribution >= 4 is 28.9 Å². The predicted octanol–water partition coefficient (Wildman–Crippen LogP) is 5.08. The molecule has 0 fully saturated rings. The summed E-state index contributed by atoms with van der Waals surface area (Å²) in [6.45, 7) is 3.37. The molecule has 1 aromatic carbocycles. The number of carbonyl (C=O) groups is 2. The molecule has 2 rings (SSSR count). The Kier molecular flexibility index (Phi) is 7.01. The Morgan fingerprint density at radius 2 is 1.89 bits per heavy atom. The van der Waals surface area contributed by atoms with Crippen LogP contribution in [0.15, 0.2) is 30.3 Å². The highest BCUT2D eigenvalue weighted by Crippen LogP contribution is 2.34. The third-order valence-electron chi connectivity index (χ3n) is 3.80. The van der Waals surface area contributed by atoms with Crippen LogP contribution in [0, 0.1) is 0 Å². The van der Waals surface area contributed by atoms with Crippen molar-refractivity contribution in [2.24, 2.45) is 0 Å². The molecule has 4 nitrogen and oxygen atoms in total. The molecule has 0 radical (unpaired) electrons. The van der Waals surface area contributed by atoms with Gasteiger partial charge in [0.05, 0.1) is 11.3 Å². The molecule has 1 amide bonds. The SMILES string of the molecule is CCCc1sc(C(=O)OCC(=O)Nc2ccccc2C(F)(F)F)cc1CC. The van der Waals surface area contributed by atoms with E-state index in [9.17, 15) is 22.8 Å². The van der Waals surface area contributed by atoms with E-state index in [-0.39, 0.29) is 5.69 Å². The van der Waals surface area contributed by atoms with Gasteiger partial charge in [0, 0.05) is 4.88 Å². The molecular formula is C19H20F3NO3S. The van der Waals surface area contributed by atoms with E-state index in [1.807, 2.05) is 13.8 Å². The highest BCUT2D eigenvalue weighted by molar-refractivity contribution is 7.14. The Hall–Kier alpha value is -2.35. The molecule has 0 atom stereocenters. The van der Waals surface area contributed by atoms with Crippen LogP contribution in [-0.2, 0) is 28.5 Å². The second-order valence-corrected chi connectivity index (χ2v) is 6.97. The summed E-state index contributed by atoms with van der Waals surface area (Å²) in [7, 11) is 0. The Balaban J connectivity index is 1.99. The van der Waals surface area contributed by atoms with E-state index in [4.69, 9.17) is 4.74 Å². The van der Waals surface area contributed by atoms with Crippen molar-refractivity contribution < 1.29 is 27.5 Å². The first kappa shape index (κ1) is 21.0. The van der Waals surface area contributed by atoms with Crippen molar-refractivity contribution in [2.75, 3.05) is 11.9 Å². The molecule has 8 heteroatoms. The zero-order chi connectivity index (χ0) is 20.0. The summed E-state index contributed by atoms with van der Waals surface area (Å²) in [6.07, 6.45) is -2.00. The first-order chi connectivity index (χ1) is 12.8.